The summed E-state index contributed by atoms with van der Waals surface area (Å²) < 4.78 is 41.9. The molecule has 3 aromatic rings. The first-order valence-electron chi connectivity index (χ1n) is 13.4. The molecular formula is C30H27F3N4O2. The van der Waals surface area contributed by atoms with E-state index in [1.54, 1.807) is 35.4 Å². The lowest BCUT2D eigenvalue weighted by Gasteiger charge is -2.26. The van der Waals surface area contributed by atoms with Crippen molar-refractivity contribution < 1.29 is 22.8 Å². The minimum atomic E-state index is -4.52. The summed E-state index contributed by atoms with van der Waals surface area (Å²) in [6, 6.07) is 13.0. The summed E-state index contributed by atoms with van der Waals surface area (Å²) in [5, 5.41) is 12.9. The number of carbonyl (C=O) groups is 2. The van der Waals surface area contributed by atoms with Gasteiger partial charge in [0.05, 0.1) is 22.3 Å². The first-order valence-corrected chi connectivity index (χ1v) is 13.4. The van der Waals surface area contributed by atoms with Crippen molar-refractivity contribution >= 4 is 28.4 Å². The van der Waals surface area contributed by atoms with Crippen LogP contribution < -0.4 is 5.32 Å². The highest BCUT2D eigenvalue weighted by Gasteiger charge is 2.60. The Morgan fingerprint density at radius 2 is 1.77 bits per heavy atom. The van der Waals surface area contributed by atoms with Crippen LogP contribution in [-0.4, -0.2) is 34.8 Å². The largest absolute Gasteiger partial charge is 0.416 e. The van der Waals surface area contributed by atoms with Crippen LogP contribution in [0.4, 0.5) is 18.9 Å². The first-order chi connectivity index (χ1) is 18.8. The topological polar surface area (TPSA) is 86.1 Å². The molecule has 2 aliphatic carbocycles. The van der Waals surface area contributed by atoms with Crippen molar-refractivity contribution in [3.63, 3.8) is 0 Å². The van der Waals surface area contributed by atoms with Crippen LogP contribution in [0.15, 0.2) is 48.7 Å². The molecule has 3 aliphatic rings. The maximum atomic E-state index is 14.0. The van der Waals surface area contributed by atoms with Gasteiger partial charge < -0.3 is 10.2 Å². The molecule has 9 heteroatoms. The van der Waals surface area contributed by atoms with Crippen LogP contribution in [0.1, 0.15) is 65.1 Å². The van der Waals surface area contributed by atoms with Gasteiger partial charge in [0.2, 0.25) is 5.91 Å². The zero-order valence-electron chi connectivity index (χ0n) is 21.2. The molecule has 1 saturated heterocycles. The number of halogens is 3. The normalized spacial score (nSPS) is 22.8. The Morgan fingerprint density at radius 1 is 1.03 bits per heavy atom. The third-order valence-corrected chi connectivity index (χ3v) is 8.58. The van der Waals surface area contributed by atoms with E-state index in [0.29, 0.717) is 40.8 Å². The summed E-state index contributed by atoms with van der Waals surface area (Å²) >= 11 is 0. The molecule has 0 radical (unpaired) electrons. The third kappa shape index (κ3) is 4.62. The predicted octanol–water partition coefficient (Wildman–Crippen LogP) is 6.13. The molecule has 39 heavy (non-hydrogen) atoms. The average Bonchev–Trinajstić information content (AvgIpc) is 3.45. The summed E-state index contributed by atoms with van der Waals surface area (Å²) in [5.74, 6) is -1.03. The van der Waals surface area contributed by atoms with E-state index < -0.39 is 17.6 Å². The van der Waals surface area contributed by atoms with Gasteiger partial charge in [-0.2, -0.15) is 18.4 Å². The highest BCUT2D eigenvalue weighted by atomic mass is 19.4. The zero-order chi connectivity index (χ0) is 27.3. The smallest absolute Gasteiger partial charge is 0.338 e. The second-order valence-electron chi connectivity index (χ2n) is 10.9. The van der Waals surface area contributed by atoms with Crippen molar-refractivity contribution in [2.45, 2.75) is 44.2 Å². The molecule has 1 aliphatic heterocycles. The number of nitriles is 1. The number of aromatic nitrogens is 1. The molecule has 2 amide bonds. The van der Waals surface area contributed by atoms with Crippen LogP contribution in [0.5, 0.6) is 0 Å². The Labute approximate surface area is 223 Å². The third-order valence-electron chi connectivity index (χ3n) is 8.58. The fourth-order valence-corrected chi connectivity index (χ4v) is 6.56. The van der Waals surface area contributed by atoms with Gasteiger partial charge in [-0.15, -0.1) is 0 Å². The number of nitrogens with one attached hydrogen (secondary N) is 1. The van der Waals surface area contributed by atoms with Gasteiger partial charge in [0, 0.05) is 36.2 Å². The first kappa shape index (κ1) is 25.4. The Balaban J connectivity index is 1.14. The van der Waals surface area contributed by atoms with E-state index in [-0.39, 0.29) is 35.1 Å². The highest BCUT2D eigenvalue weighted by Crippen LogP contribution is 2.52. The summed E-state index contributed by atoms with van der Waals surface area (Å²) in [6.07, 6.45) is 1.44. The van der Waals surface area contributed by atoms with Crippen molar-refractivity contribution in [1.82, 2.24) is 9.88 Å². The second kappa shape index (κ2) is 9.67. The molecule has 6 rings (SSSR count). The Kier molecular flexibility index (Phi) is 6.29. The lowest BCUT2D eigenvalue weighted by Crippen LogP contribution is -2.33. The molecule has 6 nitrogen and oxygen atoms in total. The number of fused-ring (bicyclic) bond motifs is 2. The Bertz CT molecular complexity index is 1490. The van der Waals surface area contributed by atoms with Crippen molar-refractivity contribution in [3.05, 3.63) is 70.9 Å². The number of amides is 2. The number of piperidine rings is 1. The number of alkyl halides is 3. The molecule has 2 heterocycles. The number of rotatable bonds is 4. The highest BCUT2D eigenvalue weighted by molar-refractivity contribution is 6.04. The minimum Gasteiger partial charge on any atom is -0.338 e. The zero-order valence-corrected chi connectivity index (χ0v) is 21.2. The maximum Gasteiger partial charge on any atom is 0.416 e. The quantitative estimate of drug-likeness (QED) is 0.438. The number of likely N-dealkylation sites (tertiary alicyclic amines) is 1. The SMILES string of the molecule is N#Cc1ccc(NC(=O)C2[C@H]3CN(C(=O)c4ccc(C5CCCCC5)c(C(F)(F)F)c4)C[C@H]23)c2cccnc12. The van der Waals surface area contributed by atoms with E-state index in [4.69, 9.17) is 0 Å². The van der Waals surface area contributed by atoms with Gasteiger partial charge in [-0.05, 0) is 72.6 Å². The van der Waals surface area contributed by atoms with Crippen molar-refractivity contribution in [3.8, 4) is 6.07 Å². The molecule has 0 spiro atoms. The molecule has 2 aromatic carbocycles. The lowest BCUT2D eigenvalue weighted by atomic mass is 9.81. The van der Waals surface area contributed by atoms with Crippen LogP contribution in [0, 0.1) is 29.1 Å². The molecule has 1 aromatic heterocycles. The summed E-state index contributed by atoms with van der Waals surface area (Å²) in [5.41, 5.74) is 1.13. The standard InChI is InChI=1S/C30H27F3N4O2/c31-30(32,33)24-13-18(8-10-20(24)17-5-2-1-3-6-17)29(39)37-15-22-23(16-37)26(22)28(38)36-25-11-9-19(14-34)27-21(25)7-4-12-35-27/h4,7-13,17,22-23,26H,1-3,5-6,15-16H2,(H,36,38)/t22-,23-/m0/s1. The number of pyridine rings is 1. The van der Waals surface area contributed by atoms with E-state index >= 15 is 0 Å². The molecule has 2 saturated carbocycles. The number of nitrogens with zero attached hydrogens (tertiary/aromatic N) is 3. The van der Waals surface area contributed by atoms with Crippen LogP contribution in [0.2, 0.25) is 0 Å². The number of benzene rings is 2. The van der Waals surface area contributed by atoms with E-state index in [2.05, 4.69) is 16.4 Å². The van der Waals surface area contributed by atoms with Crippen LogP contribution >= 0.6 is 0 Å². The number of hydrogen-bond acceptors (Lipinski definition) is 4. The van der Waals surface area contributed by atoms with Crippen LogP contribution in [0.3, 0.4) is 0 Å². The van der Waals surface area contributed by atoms with Crippen molar-refractivity contribution in [2.24, 2.45) is 17.8 Å². The second-order valence-corrected chi connectivity index (χ2v) is 10.9. The van der Waals surface area contributed by atoms with E-state index in [0.717, 1.165) is 38.2 Å². The molecule has 1 N–H and O–H groups in total. The summed E-state index contributed by atoms with van der Waals surface area (Å²) in [4.78, 5) is 32.1. The Hall–Kier alpha value is -3.93. The number of carbonyl (C=O) groups excluding carboxylic acids is 2. The van der Waals surface area contributed by atoms with Gasteiger partial charge in [0.25, 0.3) is 5.91 Å². The van der Waals surface area contributed by atoms with E-state index in [1.165, 1.54) is 12.1 Å². The summed E-state index contributed by atoms with van der Waals surface area (Å²) in [6.45, 7) is 0.673. The molecule has 200 valence electrons. The van der Waals surface area contributed by atoms with Crippen molar-refractivity contribution in [2.75, 3.05) is 18.4 Å². The molecule has 0 unspecified atom stereocenters. The fraction of sp³-hybridized carbons (Fsp3) is 0.400. The molecule has 0 bridgehead atoms. The van der Waals surface area contributed by atoms with Gasteiger partial charge in [0.1, 0.15) is 6.07 Å². The molecule has 3 fully saturated rings. The van der Waals surface area contributed by atoms with Crippen molar-refractivity contribution in [1.29, 1.82) is 5.26 Å². The number of anilines is 1. The van der Waals surface area contributed by atoms with Gasteiger partial charge in [-0.3, -0.25) is 14.6 Å². The predicted molar refractivity (Wildman–Crippen MR) is 139 cm³/mol. The van der Waals surface area contributed by atoms with Gasteiger partial charge in [-0.1, -0.05) is 25.3 Å². The Morgan fingerprint density at radius 3 is 2.46 bits per heavy atom. The van der Waals surface area contributed by atoms with Gasteiger partial charge in [0.15, 0.2) is 0 Å². The lowest BCUT2D eigenvalue weighted by molar-refractivity contribution is -0.138. The van der Waals surface area contributed by atoms with E-state index in [1.807, 2.05) is 0 Å². The summed E-state index contributed by atoms with van der Waals surface area (Å²) in [7, 11) is 0. The van der Waals surface area contributed by atoms with Gasteiger partial charge in [-0.25, -0.2) is 0 Å². The van der Waals surface area contributed by atoms with Gasteiger partial charge >= 0.3 is 6.18 Å². The maximum absolute atomic E-state index is 14.0. The molecular weight excluding hydrogens is 505 g/mol. The van der Waals surface area contributed by atoms with E-state index in [9.17, 15) is 28.0 Å². The monoisotopic (exact) mass is 532 g/mol. The van der Waals surface area contributed by atoms with Crippen LogP contribution in [0.25, 0.3) is 10.9 Å². The minimum absolute atomic E-state index is 0.0275. The average molecular weight is 533 g/mol. The van der Waals surface area contributed by atoms with Crippen LogP contribution in [-0.2, 0) is 11.0 Å². The fourth-order valence-electron chi connectivity index (χ4n) is 6.56. The number of hydrogen-bond donors (Lipinski definition) is 1. The molecule has 2 atom stereocenters.